The molecule has 1 fully saturated rings. The molecule has 2 rings (SSSR count). The van der Waals surface area contributed by atoms with Crippen LogP contribution >= 0.6 is 11.6 Å². The van der Waals surface area contributed by atoms with E-state index in [-0.39, 0.29) is 29.7 Å². The van der Waals surface area contributed by atoms with Crippen LogP contribution in [0.4, 0.5) is 0 Å². The third kappa shape index (κ3) is 2.53. The van der Waals surface area contributed by atoms with Gasteiger partial charge in [-0.15, -0.1) is 0 Å². The zero-order chi connectivity index (χ0) is 15.1. The maximum absolute atomic E-state index is 12.6. The zero-order valence-electron chi connectivity index (χ0n) is 11.0. The Morgan fingerprint density at radius 1 is 1.55 bits per heavy atom. The molecular formula is C10H15ClN4O4S. The second kappa shape index (κ2) is 5.32. The van der Waals surface area contributed by atoms with Crippen molar-refractivity contribution in [3.8, 4) is 0 Å². The number of aryl methyl sites for hydroxylation is 2. The van der Waals surface area contributed by atoms with E-state index >= 15 is 0 Å². The van der Waals surface area contributed by atoms with Crippen molar-refractivity contribution in [2.45, 2.75) is 17.9 Å². The molecule has 1 aliphatic heterocycles. The molecular weight excluding hydrogens is 308 g/mol. The zero-order valence-corrected chi connectivity index (χ0v) is 12.6. The summed E-state index contributed by atoms with van der Waals surface area (Å²) in [6.07, 6.45) is 0. The largest absolute Gasteiger partial charge is 0.480 e. The first kappa shape index (κ1) is 15.2. The molecule has 1 atom stereocenters. The van der Waals surface area contributed by atoms with Gasteiger partial charge in [-0.3, -0.25) is 9.48 Å². The highest BCUT2D eigenvalue weighted by Gasteiger charge is 2.36. The van der Waals surface area contributed by atoms with E-state index in [1.165, 1.54) is 4.68 Å². The molecule has 0 aliphatic carbocycles. The van der Waals surface area contributed by atoms with Gasteiger partial charge in [0.1, 0.15) is 16.1 Å². The second-order valence-corrected chi connectivity index (χ2v) is 6.77. The van der Waals surface area contributed by atoms with Crippen molar-refractivity contribution in [2.24, 2.45) is 7.05 Å². The number of nitrogens with zero attached hydrogens (tertiary/aromatic N) is 3. The number of nitrogens with one attached hydrogen (secondary N) is 1. The first-order valence-electron chi connectivity index (χ1n) is 5.90. The van der Waals surface area contributed by atoms with Crippen molar-refractivity contribution < 1.29 is 18.3 Å². The Morgan fingerprint density at radius 2 is 2.20 bits per heavy atom. The summed E-state index contributed by atoms with van der Waals surface area (Å²) in [7, 11) is -2.31. The average molecular weight is 323 g/mol. The minimum atomic E-state index is -3.85. The molecule has 1 saturated heterocycles. The minimum Gasteiger partial charge on any atom is -0.480 e. The molecule has 0 radical (unpaired) electrons. The predicted octanol–water partition coefficient (Wildman–Crippen LogP) is -0.571. The molecule has 0 aromatic carbocycles. The SMILES string of the molecule is Cc1nn(C)c(Cl)c1S(=O)(=O)N1CCN[C@H](C(=O)O)C1. The van der Waals surface area contributed by atoms with Crippen LogP contribution in [0.25, 0.3) is 0 Å². The third-order valence-electron chi connectivity index (χ3n) is 3.13. The Hall–Kier alpha value is -1.16. The Kier molecular flexibility index (Phi) is 4.05. The molecule has 8 nitrogen and oxygen atoms in total. The van der Waals surface area contributed by atoms with Crippen LogP contribution in [0.1, 0.15) is 5.69 Å². The van der Waals surface area contributed by atoms with Crippen LogP contribution in [0.3, 0.4) is 0 Å². The van der Waals surface area contributed by atoms with Gasteiger partial charge < -0.3 is 10.4 Å². The van der Waals surface area contributed by atoms with Crippen molar-refractivity contribution in [1.82, 2.24) is 19.4 Å². The fourth-order valence-corrected chi connectivity index (χ4v) is 4.30. The van der Waals surface area contributed by atoms with E-state index in [1.807, 2.05) is 0 Å². The number of piperazine rings is 1. The summed E-state index contributed by atoms with van der Waals surface area (Å²) in [6.45, 7) is 1.88. The monoisotopic (exact) mass is 322 g/mol. The summed E-state index contributed by atoms with van der Waals surface area (Å²) in [4.78, 5) is 10.9. The van der Waals surface area contributed by atoms with E-state index in [4.69, 9.17) is 16.7 Å². The lowest BCUT2D eigenvalue weighted by Gasteiger charge is -2.30. The van der Waals surface area contributed by atoms with Gasteiger partial charge >= 0.3 is 5.97 Å². The Morgan fingerprint density at radius 3 is 2.70 bits per heavy atom. The number of rotatable bonds is 3. The fraction of sp³-hybridized carbons (Fsp3) is 0.600. The highest BCUT2D eigenvalue weighted by Crippen LogP contribution is 2.27. The molecule has 2 heterocycles. The fourth-order valence-electron chi connectivity index (χ4n) is 2.14. The number of aliphatic carboxylic acids is 1. The van der Waals surface area contributed by atoms with Crippen molar-refractivity contribution in [3.63, 3.8) is 0 Å². The molecule has 20 heavy (non-hydrogen) atoms. The van der Waals surface area contributed by atoms with Crippen molar-refractivity contribution in [3.05, 3.63) is 10.8 Å². The van der Waals surface area contributed by atoms with Gasteiger partial charge in [-0.25, -0.2) is 8.42 Å². The molecule has 1 aromatic rings. The first-order chi connectivity index (χ1) is 9.25. The quantitative estimate of drug-likeness (QED) is 0.772. The minimum absolute atomic E-state index is 0.0212. The van der Waals surface area contributed by atoms with Crippen LogP contribution in [0, 0.1) is 6.92 Å². The van der Waals surface area contributed by atoms with E-state index in [9.17, 15) is 13.2 Å². The topological polar surface area (TPSA) is 105 Å². The van der Waals surface area contributed by atoms with Gasteiger partial charge in [0.2, 0.25) is 10.0 Å². The van der Waals surface area contributed by atoms with Gasteiger partial charge in [0.05, 0.1) is 5.69 Å². The van der Waals surface area contributed by atoms with Crippen LogP contribution in [0.2, 0.25) is 5.15 Å². The Balaban J connectivity index is 2.37. The molecule has 1 aliphatic rings. The normalized spacial score (nSPS) is 21.1. The lowest BCUT2D eigenvalue weighted by Crippen LogP contribution is -2.55. The van der Waals surface area contributed by atoms with Crippen molar-refractivity contribution in [1.29, 1.82) is 0 Å². The van der Waals surface area contributed by atoms with E-state index in [0.717, 1.165) is 4.31 Å². The molecule has 0 bridgehead atoms. The summed E-state index contributed by atoms with van der Waals surface area (Å²) in [5.74, 6) is -1.08. The van der Waals surface area contributed by atoms with Crippen LogP contribution < -0.4 is 5.32 Å². The molecule has 2 N–H and O–H groups in total. The highest BCUT2D eigenvalue weighted by molar-refractivity contribution is 7.89. The molecule has 0 saturated carbocycles. The Labute approximate surface area is 121 Å². The van der Waals surface area contributed by atoms with Crippen LogP contribution in [0.5, 0.6) is 0 Å². The summed E-state index contributed by atoms with van der Waals surface area (Å²) in [5, 5.41) is 15.7. The van der Waals surface area contributed by atoms with Gasteiger partial charge in [0, 0.05) is 26.7 Å². The second-order valence-electron chi connectivity index (χ2n) is 4.54. The van der Waals surface area contributed by atoms with E-state index < -0.39 is 22.0 Å². The number of sulfonamides is 1. The van der Waals surface area contributed by atoms with E-state index in [1.54, 1.807) is 14.0 Å². The molecule has 0 amide bonds. The van der Waals surface area contributed by atoms with Crippen molar-refractivity contribution in [2.75, 3.05) is 19.6 Å². The van der Waals surface area contributed by atoms with Gasteiger partial charge in [-0.1, -0.05) is 11.6 Å². The number of halogens is 1. The summed E-state index contributed by atoms with van der Waals surface area (Å²) in [6, 6.07) is -0.922. The molecule has 0 unspecified atom stereocenters. The van der Waals surface area contributed by atoms with E-state index in [2.05, 4.69) is 10.4 Å². The van der Waals surface area contributed by atoms with Crippen molar-refractivity contribution >= 4 is 27.6 Å². The predicted molar refractivity (Wildman–Crippen MR) is 71.1 cm³/mol. The lowest BCUT2D eigenvalue weighted by atomic mass is 10.2. The number of carboxylic acid groups (broad SMARTS) is 1. The first-order valence-corrected chi connectivity index (χ1v) is 7.72. The van der Waals surface area contributed by atoms with E-state index in [0.29, 0.717) is 5.69 Å². The summed E-state index contributed by atoms with van der Waals surface area (Å²) < 4.78 is 27.6. The lowest BCUT2D eigenvalue weighted by molar-refractivity contribution is -0.140. The molecule has 1 aromatic heterocycles. The number of carboxylic acids is 1. The smallest absolute Gasteiger partial charge is 0.322 e. The maximum atomic E-state index is 12.6. The van der Waals surface area contributed by atoms with Gasteiger partial charge in [-0.2, -0.15) is 9.40 Å². The van der Waals surface area contributed by atoms with Gasteiger partial charge in [0.25, 0.3) is 0 Å². The number of aromatic nitrogens is 2. The third-order valence-corrected chi connectivity index (χ3v) is 5.70. The van der Waals surface area contributed by atoms with Crippen LogP contribution in [0.15, 0.2) is 4.90 Å². The van der Waals surface area contributed by atoms with Gasteiger partial charge in [-0.05, 0) is 6.92 Å². The number of hydrogen-bond acceptors (Lipinski definition) is 5. The molecule has 10 heteroatoms. The summed E-state index contributed by atoms with van der Waals surface area (Å²) >= 11 is 5.98. The van der Waals surface area contributed by atoms with Gasteiger partial charge in [0.15, 0.2) is 0 Å². The van der Waals surface area contributed by atoms with Crippen LogP contribution in [-0.4, -0.2) is 59.3 Å². The molecule has 112 valence electrons. The Bertz CT molecular complexity index is 642. The average Bonchev–Trinajstić information content (AvgIpc) is 2.63. The van der Waals surface area contributed by atoms with Crippen LogP contribution in [-0.2, 0) is 21.9 Å². The highest BCUT2D eigenvalue weighted by atomic mass is 35.5. The standard InChI is InChI=1S/C10H15ClN4O4S/c1-6-8(9(11)14(2)13-6)20(18,19)15-4-3-12-7(5-15)10(16)17/h7,12H,3-5H2,1-2H3,(H,16,17)/t7-/m0/s1. The maximum Gasteiger partial charge on any atom is 0.322 e. The molecule has 0 spiro atoms. The summed E-state index contributed by atoms with van der Waals surface area (Å²) in [5.41, 5.74) is 0.294. The number of carbonyl (C=O) groups is 1. The number of hydrogen-bond donors (Lipinski definition) is 2.